The fraction of sp³-hybridized carbons (Fsp3) is 0.953. The van der Waals surface area contributed by atoms with Gasteiger partial charge in [0.15, 0.2) is 0 Å². The Morgan fingerprint density at radius 3 is 1.27 bits per heavy atom. The zero-order valence-electron chi connectivity index (χ0n) is 34.1. The summed E-state index contributed by atoms with van der Waals surface area (Å²) in [6, 6.07) is 0. The van der Waals surface area contributed by atoms with Gasteiger partial charge in [0.05, 0.1) is 12.2 Å². The zero-order valence-corrected chi connectivity index (χ0v) is 34.1. The van der Waals surface area contributed by atoms with Crippen LogP contribution in [0.5, 0.6) is 0 Å². The number of nitrogens with zero attached hydrogens (tertiary/aromatic N) is 1. The molecular formula is C43H85NO7. The predicted molar refractivity (Wildman–Crippen MR) is 212 cm³/mol. The maximum Gasteiger partial charge on any atom is 0.306 e. The van der Waals surface area contributed by atoms with Crippen LogP contribution in [0.4, 0.5) is 0 Å². The van der Waals surface area contributed by atoms with Crippen LogP contribution in [0.25, 0.3) is 0 Å². The van der Waals surface area contributed by atoms with Gasteiger partial charge in [-0.15, -0.1) is 0 Å². The predicted octanol–water partition coefficient (Wildman–Crippen LogP) is 10.2. The molecule has 8 heteroatoms. The molecule has 0 aromatic carbocycles. The molecular weight excluding hydrogens is 642 g/mol. The molecule has 0 aliphatic rings. The molecule has 0 fully saturated rings. The summed E-state index contributed by atoms with van der Waals surface area (Å²) in [6.45, 7) is 10.6. The Bertz CT molecular complexity index is 711. The molecule has 0 bridgehead atoms. The molecule has 304 valence electrons. The van der Waals surface area contributed by atoms with Crippen LogP contribution in [0.1, 0.15) is 214 Å². The fourth-order valence-corrected chi connectivity index (χ4v) is 6.80. The zero-order chi connectivity index (χ0) is 37.8. The smallest absolute Gasteiger partial charge is 0.306 e. The lowest BCUT2D eigenvalue weighted by Crippen LogP contribution is -2.38. The van der Waals surface area contributed by atoms with E-state index in [0.29, 0.717) is 38.8 Å². The summed E-state index contributed by atoms with van der Waals surface area (Å²) in [7, 11) is 0. The second-order valence-electron chi connectivity index (χ2n) is 15.2. The van der Waals surface area contributed by atoms with Gasteiger partial charge in [0.2, 0.25) is 0 Å². The molecule has 0 aromatic heterocycles. The molecule has 3 N–H and O–H groups in total. The molecule has 0 aliphatic carbocycles. The van der Waals surface area contributed by atoms with E-state index in [4.69, 9.17) is 14.6 Å². The monoisotopic (exact) mass is 728 g/mol. The van der Waals surface area contributed by atoms with Gasteiger partial charge in [-0.2, -0.15) is 0 Å². The number of esters is 2. The molecule has 8 nitrogen and oxygen atoms in total. The van der Waals surface area contributed by atoms with Crippen LogP contribution < -0.4 is 0 Å². The van der Waals surface area contributed by atoms with Crippen LogP contribution in [0.2, 0.25) is 0 Å². The molecule has 0 heterocycles. The molecule has 0 amide bonds. The third-order valence-electron chi connectivity index (χ3n) is 10.2. The van der Waals surface area contributed by atoms with Crippen molar-refractivity contribution in [1.82, 2.24) is 4.90 Å². The van der Waals surface area contributed by atoms with Gasteiger partial charge < -0.3 is 24.8 Å². The van der Waals surface area contributed by atoms with E-state index in [0.717, 1.165) is 103 Å². The average Bonchev–Trinajstić information content (AvgIpc) is 3.11. The molecule has 0 saturated heterocycles. The molecule has 0 aliphatic heterocycles. The summed E-state index contributed by atoms with van der Waals surface area (Å²) in [5.74, 6) is -0.194. The summed E-state index contributed by atoms with van der Waals surface area (Å²) in [6.07, 6.45) is 27.5. The Balaban J connectivity index is 4.31. The topological polar surface area (TPSA) is 117 Å². The highest BCUT2D eigenvalue weighted by Crippen LogP contribution is 2.17. The number of aliphatic hydroxyl groups is 3. The van der Waals surface area contributed by atoms with Crippen LogP contribution >= 0.6 is 0 Å². The number of ether oxygens (including phenoxy) is 2. The van der Waals surface area contributed by atoms with Gasteiger partial charge in [-0.05, 0) is 90.0 Å². The van der Waals surface area contributed by atoms with E-state index in [-0.39, 0.29) is 30.8 Å². The van der Waals surface area contributed by atoms with Gasteiger partial charge >= 0.3 is 11.9 Å². The highest BCUT2D eigenvalue weighted by molar-refractivity contribution is 5.69. The van der Waals surface area contributed by atoms with Crippen molar-refractivity contribution in [3.8, 4) is 0 Å². The summed E-state index contributed by atoms with van der Waals surface area (Å²) in [5, 5.41) is 30.8. The third-order valence-corrected chi connectivity index (χ3v) is 10.2. The highest BCUT2D eigenvalue weighted by Gasteiger charge is 2.17. The van der Waals surface area contributed by atoms with Crippen molar-refractivity contribution in [1.29, 1.82) is 0 Å². The maximum absolute atomic E-state index is 12.4. The molecule has 51 heavy (non-hydrogen) atoms. The van der Waals surface area contributed by atoms with E-state index in [9.17, 15) is 19.8 Å². The molecule has 4 atom stereocenters. The Hall–Kier alpha value is -1.22. The normalized spacial score (nSPS) is 14.0. The number of unbranched alkanes of at least 4 members (excludes halogenated alkanes) is 16. The molecule has 4 unspecified atom stereocenters. The van der Waals surface area contributed by atoms with Crippen molar-refractivity contribution in [2.45, 2.75) is 238 Å². The Morgan fingerprint density at radius 2 is 0.863 bits per heavy atom. The van der Waals surface area contributed by atoms with Crippen LogP contribution in [0.15, 0.2) is 0 Å². The highest BCUT2D eigenvalue weighted by atomic mass is 16.5. The lowest BCUT2D eigenvalue weighted by Gasteiger charge is -2.27. The molecule has 0 radical (unpaired) electrons. The van der Waals surface area contributed by atoms with Crippen molar-refractivity contribution >= 4 is 11.9 Å². The number of carbonyl (C=O) groups excluding carboxylic acids is 2. The summed E-state index contributed by atoms with van der Waals surface area (Å²) >= 11 is 0. The second-order valence-corrected chi connectivity index (χ2v) is 15.2. The second kappa shape index (κ2) is 37.1. The van der Waals surface area contributed by atoms with E-state index < -0.39 is 12.2 Å². The standard InChI is InChI=1S/C43H85NO7/c1-5-9-11-13-15-22-30-40(7-3)50-42(48)32-24-17-20-28-38(46)36-44(34-26-19-27-35-45)37-39(47)29-21-18-25-33-43(49)51-41(8-4)31-23-16-14-12-10-6-2/h38-41,45-47H,5-37H2,1-4H3. The number of aliphatic hydroxyl groups excluding tert-OH is 3. The molecule has 0 spiro atoms. The van der Waals surface area contributed by atoms with E-state index in [2.05, 4.69) is 32.6 Å². The SMILES string of the molecule is CCCCCCCCC(CC)OC(=O)CCCCCC(O)CN(CCCCCO)CC(O)CCCCCC(=O)OC(CC)CCCCCCCC. The Morgan fingerprint density at radius 1 is 0.490 bits per heavy atom. The first-order chi connectivity index (χ1) is 24.8. The van der Waals surface area contributed by atoms with Crippen LogP contribution in [-0.4, -0.2) is 82.8 Å². The van der Waals surface area contributed by atoms with Crippen molar-refractivity contribution in [2.24, 2.45) is 0 Å². The van der Waals surface area contributed by atoms with E-state index in [1.165, 1.54) is 64.2 Å². The summed E-state index contributed by atoms with van der Waals surface area (Å²) in [4.78, 5) is 26.9. The van der Waals surface area contributed by atoms with Crippen molar-refractivity contribution < 1.29 is 34.4 Å². The van der Waals surface area contributed by atoms with Crippen LogP contribution in [0.3, 0.4) is 0 Å². The van der Waals surface area contributed by atoms with Crippen molar-refractivity contribution in [3.63, 3.8) is 0 Å². The van der Waals surface area contributed by atoms with Gasteiger partial charge in [-0.25, -0.2) is 0 Å². The summed E-state index contributed by atoms with van der Waals surface area (Å²) in [5.41, 5.74) is 0. The third kappa shape index (κ3) is 33.1. The lowest BCUT2D eigenvalue weighted by molar-refractivity contribution is -0.150. The van der Waals surface area contributed by atoms with Gasteiger partial charge in [0.1, 0.15) is 12.2 Å². The van der Waals surface area contributed by atoms with Crippen LogP contribution in [0, 0.1) is 0 Å². The van der Waals surface area contributed by atoms with Gasteiger partial charge in [0, 0.05) is 32.5 Å². The first-order valence-corrected chi connectivity index (χ1v) is 21.9. The average molecular weight is 728 g/mol. The first kappa shape index (κ1) is 49.8. The van der Waals surface area contributed by atoms with E-state index in [1.54, 1.807) is 0 Å². The van der Waals surface area contributed by atoms with Crippen molar-refractivity contribution in [2.75, 3.05) is 26.2 Å². The first-order valence-electron chi connectivity index (χ1n) is 21.9. The van der Waals surface area contributed by atoms with E-state index >= 15 is 0 Å². The Labute approximate surface area is 315 Å². The van der Waals surface area contributed by atoms with Gasteiger partial charge in [-0.3, -0.25) is 14.5 Å². The van der Waals surface area contributed by atoms with E-state index in [1.807, 2.05) is 0 Å². The largest absolute Gasteiger partial charge is 0.462 e. The number of rotatable bonds is 39. The molecule has 0 aromatic rings. The quantitative estimate of drug-likeness (QED) is 0.0423. The Kier molecular flexibility index (Phi) is 36.2. The molecule has 0 saturated carbocycles. The van der Waals surface area contributed by atoms with Gasteiger partial charge in [0.25, 0.3) is 0 Å². The minimum atomic E-state index is -0.484. The maximum atomic E-state index is 12.4. The fourth-order valence-electron chi connectivity index (χ4n) is 6.80. The minimum Gasteiger partial charge on any atom is -0.462 e. The minimum absolute atomic E-state index is 0.0334. The molecule has 0 rings (SSSR count). The number of carbonyl (C=O) groups is 2. The summed E-state index contributed by atoms with van der Waals surface area (Å²) < 4.78 is 11.5. The number of hydrogen-bond donors (Lipinski definition) is 3. The van der Waals surface area contributed by atoms with Crippen LogP contribution in [-0.2, 0) is 19.1 Å². The number of hydrogen-bond acceptors (Lipinski definition) is 8. The van der Waals surface area contributed by atoms with Gasteiger partial charge in [-0.1, -0.05) is 118 Å². The van der Waals surface area contributed by atoms with Crippen molar-refractivity contribution in [3.05, 3.63) is 0 Å². The lowest BCUT2D eigenvalue weighted by atomic mass is 10.1.